The normalized spacial score (nSPS) is 16.6. The number of benzene rings is 3. The molecule has 3 aromatic rings. The van der Waals surface area contributed by atoms with Gasteiger partial charge in [-0.05, 0) is 60.7 Å². The number of para-hydroxylation sites is 3. The van der Waals surface area contributed by atoms with Crippen LogP contribution in [0.5, 0.6) is 0 Å². The molecule has 0 aliphatic carbocycles. The summed E-state index contributed by atoms with van der Waals surface area (Å²) in [6.45, 7) is 11.2. The smallest absolute Gasteiger partial charge is 0.108 e. The van der Waals surface area contributed by atoms with Gasteiger partial charge in [0.1, 0.15) is 6.17 Å². The number of rotatable bonds is 2. The zero-order valence-corrected chi connectivity index (χ0v) is 16.9. The monoisotopic (exact) mass is 356 g/mol. The maximum atomic E-state index is 2.45. The molecule has 0 spiro atoms. The molecule has 0 amide bonds. The Morgan fingerprint density at radius 1 is 0.667 bits per heavy atom. The van der Waals surface area contributed by atoms with Crippen LogP contribution in [-0.2, 0) is 5.41 Å². The molecule has 2 heteroatoms. The van der Waals surface area contributed by atoms with Crippen LogP contribution in [0.1, 0.15) is 38.8 Å². The predicted molar refractivity (Wildman–Crippen MR) is 117 cm³/mol. The average molecular weight is 357 g/mol. The van der Waals surface area contributed by atoms with E-state index in [-0.39, 0.29) is 11.6 Å². The number of fused-ring (bicyclic) bond motifs is 1. The lowest BCUT2D eigenvalue weighted by atomic mass is 9.87. The van der Waals surface area contributed by atoms with Crippen molar-refractivity contribution in [2.75, 3.05) is 9.80 Å². The second-order valence-electron chi connectivity index (χ2n) is 8.44. The molecule has 1 heterocycles. The highest BCUT2D eigenvalue weighted by Gasteiger charge is 2.35. The van der Waals surface area contributed by atoms with Crippen LogP contribution < -0.4 is 9.80 Å². The summed E-state index contributed by atoms with van der Waals surface area (Å²) in [5.41, 5.74) is 7.85. The molecule has 0 saturated carbocycles. The molecule has 27 heavy (non-hydrogen) atoms. The zero-order chi connectivity index (χ0) is 19.2. The van der Waals surface area contributed by atoms with E-state index in [1.165, 1.54) is 33.9 Å². The highest BCUT2D eigenvalue weighted by Crippen LogP contribution is 2.48. The first-order chi connectivity index (χ1) is 12.9. The predicted octanol–water partition coefficient (Wildman–Crippen LogP) is 6.93. The second-order valence-corrected chi connectivity index (χ2v) is 8.44. The Morgan fingerprint density at radius 2 is 1.19 bits per heavy atom. The van der Waals surface area contributed by atoms with Gasteiger partial charge >= 0.3 is 0 Å². The van der Waals surface area contributed by atoms with Crippen molar-refractivity contribution in [3.63, 3.8) is 0 Å². The van der Waals surface area contributed by atoms with E-state index >= 15 is 0 Å². The summed E-state index contributed by atoms with van der Waals surface area (Å²) < 4.78 is 0. The van der Waals surface area contributed by atoms with Gasteiger partial charge in [0, 0.05) is 11.4 Å². The van der Waals surface area contributed by atoms with Crippen molar-refractivity contribution in [1.82, 2.24) is 0 Å². The molecule has 3 aromatic carbocycles. The molecule has 138 valence electrons. The zero-order valence-electron chi connectivity index (χ0n) is 16.9. The van der Waals surface area contributed by atoms with Crippen molar-refractivity contribution in [2.45, 2.75) is 46.2 Å². The molecule has 0 aromatic heterocycles. The Morgan fingerprint density at radius 3 is 1.74 bits per heavy atom. The van der Waals surface area contributed by atoms with Gasteiger partial charge in [0.05, 0.1) is 11.4 Å². The fraction of sp³-hybridized carbons (Fsp3) is 0.280. The molecule has 0 saturated heterocycles. The molecule has 1 atom stereocenters. The van der Waals surface area contributed by atoms with Crippen molar-refractivity contribution in [2.24, 2.45) is 0 Å². The molecular weight excluding hydrogens is 328 g/mol. The summed E-state index contributed by atoms with van der Waals surface area (Å²) in [6.07, 6.45) is 0.212. The minimum absolute atomic E-state index is 0.167. The summed E-state index contributed by atoms with van der Waals surface area (Å²) in [7, 11) is 0. The third-order valence-electron chi connectivity index (χ3n) is 5.53. The number of aryl methyl sites for hydroxylation is 1. The van der Waals surface area contributed by atoms with E-state index < -0.39 is 0 Å². The lowest BCUT2D eigenvalue weighted by Gasteiger charge is -2.31. The maximum Gasteiger partial charge on any atom is 0.108 e. The summed E-state index contributed by atoms with van der Waals surface area (Å²) in [6, 6.07) is 26.4. The molecule has 4 rings (SSSR count). The van der Waals surface area contributed by atoms with Crippen LogP contribution in [0.4, 0.5) is 22.7 Å². The van der Waals surface area contributed by atoms with Crippen molar-refractivity contribution in [3.05, 3.63) is 83.9 Å². The minimum atomic E-state index is 0.167. The lowest BCUT2D eigenvalue weighted by molar-refractivity contribution is 0.590. The second kappa shape index (κ2) is 6.45. The molecule has 0 radical (unpaired) electrons. The SMILES string of the molecule is Cc1ccccc1N1c2ccccc2N(c2ccc(C(C)(C)C)cc2)[C@@H]1C. The van der Waals surface area contributed by atoms with Crippen molar-refractivity contribution < 1.29 is 0 Å². The van der Waals surface area contributed by atoms with Gasteiger partial charge in [-0.25, -0.2) is 0 Å². The van der Waals surface area contributed by atoms with E-state index in [0.29, 0.717) is 0 Å². The first-order valence-corrected chi connectivity index (χ1v) is 9.71. The number of hydrogen-bond donors (Lipinski definition) is 0. The third-order valence-corrected chi connectivity index (χ3v) is 5.53. The highest BCUT2D eigenvalue weighted by atomic mass is 15.4. The van der Waals surface area contributed by atoms with Crippen LogP contribution in [0.3, 0.4) is 0 Å². The average Bonchev–Trinajstić information content (AvgIpc) is 2.93. The quantitative estimate of drug-likeness (QED) is 0.491. The number of hydrogen-bond acceptors (Lipinski definition) is 2. The Bertz CT molecular complexity index is 951. The van der Waals surface area contributed by atoms with Gasteiger partial charge in [-0.1, -0.05) is 63.2 Å². The Kier molecular flexibility index (Phi) is 4.22. The van der Waals surface area contributed by atoms with Gasteiger partial charge in [0.15, 0.2) is 0 Å². The van der Waals surface area contributed by atoms with Crippen LogP contribution in [0.15, 0.2) is 72.8 Å². The van der Waals surface area contributed by atoms with Gasteiger partial charge < -0.3 is 9.80 Å². The number of anilines is 4. The third kappa shape index (κ3) is 2.99. The first-order valence-electron chi connectivity index (χ1n) is 9.71. The van der Waals surface area contributed by atoms with E-state index in [1.54, 1.807) is 0 Å². The molecular formula is C25H28N2. The Labute approximate surface area is 163 Å². The molecule has 0 fully saturated rings. The topological polar surface area (TPSA) is 6.48 Å². The molecule has 1 aliphatic rings. The summed E-state index contributed by atoms with van der Waals surface area (Å²) in [5, 5.41) is 0. The van der Waals surface area contributed by atoms with Gasteiger partial charge in [-0.2, -0.15) is 0 Å². The Hall–Kier alpha value is -2.74. The van der Waals surface area contributed by atoms with Crippen LogP contribution in [0, 0.1) is 6.92 Å². The fourth-order valence-corrected chi connectivity index (χ4v) is 4.03. The first kappa shape index (κ1) is 17.7. The standard InChI is InChI=1S/C25H28N2/c1-18-10-6-7-11-22(18)27-19(2)26(23-12-8-9-13-24(23)27)21-16-14-20(15-17-21)25(3,4)5/h6-17,19H,1-5H3/t19-/m0/s1. The van der Waals surface area contributed by atoms with Crippen molar-refractivity contribution in [1.29, 1.82) is 0 Å². The van der Waals surface area contributed by atoms with Gasteiger partial charge in [0.2, 0.25) is 0 Å². The van der Waals surface area contributed by atoms with Crippen LogP contribution in [0.2, 0.25) is 0 Å². The molecule has 0 N–H and O–H groups in total. The van der Waals surface area contributed by atoms with E-state index in [2.05, 4.69) is 117 Å². The molecule has 0 unspecified atom stereocenters. The van der Waals surface area contributed by atoms with E-state index in [9.17, 15) is 0 Å². The van der Waals surface area contributed by atoms with Gasteiger partial charge in [-0.15, -0.1) is 0 Å². The van der Waals surface area contributed by atoms with Crippen LogP contribution >= 0.6 is 0 Å². The lowest BCUT2D eigenvalue weighted by Crippen LogP contribution is -2.35. The molecule has 2 nitrogen and oxygen atoms in total. The van der Waals surface area contributed by atoms with Crippen molar-refractivity contribution >= 4 is 22.7 Å². The minimum Gasteiger partial charge on any atom is -0.319 e. The van der Waals surface area contributed by atoms with E-state index in [0.717, 1.165) is 0 Å². The van der Waals surface area contributed by atoms with Gasteiger partial charge in [0.25, 0.3) is 0 Å². The molecule has 1 aliphatic heterocycles. The van der Waals surface area contributed by atoms with E-state index in [4.69, 9.17) is 0 Å². The van der Waals surface area contributed by atoms with Crippen LogP contribution in [-0.4, -0.2) is 6.17 Å². The van der Waals surface area contributed by atoms with Gasteiger partial charge in [-0.3, -0.25) is 0 Å². The largest absolute Gasteiger partial charge is 0.319 e. The van der Waals surface area contributed by atoms with Crippen molar-refractivity contribution in [3.8, 4) is 0 Å². The van der Waals surface area contributed by atoms with Crippen LogP contribution in [0.25, 0.3) is 0 Å². The summed E-state index contributed by atoms with van der Waals surface area (Å²) in [4.78, 5) is 4.89. The fourth-order valence-electron chi connectivity index (χ4n) is 4.03. The maximum absolute atomic E-state index is 2.45. The summed E-state index contributed by atoms with van der Waals surface area (Å²) >= 11 is 0. The highest BCUT2D eigenvalue weighted by molar-refractivity contribution is 5.88. The van der Waals surface area contributed by atoms with E-state index in [1.807, 2.05) is 0 Å². The Balaban J connectivity index is 1.80. The molecule has 0 bridgehead atoms. The summed E-state index contributed by atoms with van der Waals surface area (Å²) in [5.74, 6) is 0. The number of nitrogens with zero attached hydrogens (tertiary/aromatic N) is 2.